The van der Waals surface area contributed by atoms with Crippen molar-refractivity contribution in [3.8, 4) is 34.1 Å². The van der Waals surface area contributed by atoms with Crippen molar-refractivity contribution in [1.82, 2.24) is 0 Å². The van der Waals surface area contributed by atoms with Crippen LogP contribution >= 0.6 is 0 Å². The predicted octanol–water partition coefficient (Wildman–Crippen LogP) is 7.13. The average molecular weight is 486 g/mol. The van der Waals surface area contributed by atoms with Crippen LogP contribution in [0.3, 0.4) is 0 Å². The highest BCUT2D eigenvalue weighted by Gasteiger charge is 2.42. The molecule has 0 unspecified atom stereocenters. The first kappa shape index (κ1) is 20.1. The second kappa shape index (κ2) is 7.30. The molecular formula is C34H19BO3. The predicted molar refractivity (Wildman–Crippen MR) is 154 cm³/mol. The Balaban J connectivity index is 1.38. The number of rotatable bonds is 1. The van der Waals surface area contributed by atoms with Gasteiger partial charge < -0.3 is 13.9 Å². The average Bonchev–Trinajstić information content (AvgIpc) is 3.33. The van der Waals surface area contributed by atoms with Gasteiger partial charge >= 0.3 is 0 Å². The lowest BCUT2D eigenvalue weighted by Gasteiger charge is -2.34. The van der Waals surface area contributed by atoms with E-state index in [0.717, 1.165) is 67.0 Å². The van der Waals surface area contributed by atoms with Gasteiger partial charge in [-0.25, -0.2) is 0 Å². The van der Waals surface area contributed by atoms with Gasteiger partial charge in [0.1, 0.15) is 34.2 Å². The maximum atomic E-state index is 6.68. The molecule has 2 aliphatic rings. The van der Waals surface area contributed by atoms with Crippen LogP contribution in [0, 0.1) is 0 Å². The third-order valence-corrected chi connectivity index (χ3v) is 7.98. The highest BCUT2D eigenvalue weighted by atomic mass is 16.5. The van der Waals surface area contributed by atoms with Crippen LogP contribution in [-0.2, 0) is 0 Å². The van der Waals surface area contributed by atoms with Crippen molar-refractivity contribution in [2.45, 2.75) is 0 Å². The van der Waals surface area contributed by atoms with Crippen LogP contribution in [-0.4, -0.2) is 6.71 Å². The minimum absolute atomic E-state index is 0.0264. The van der Waals surface area contributed by atoms with E-state index < -0.39 is 0 Å². The van der Waals surface area contributed by atoms with E-state index in [9.17, 15) is 0 Å². The smallest absolute Gasteiger partial charge is 0.261 e. The minimum Gasteiger partial charge on any atom is -0.458 e. The van der Waals surface area contributed by atoms with Gasteiger partial charge in [-0.2, -0.15) is 0 Å². The van der Waals surface area contributed by atoms with Crippen LogP contribution in [0.4, 0.5) is 0 Å². The molecule has 0 saturated heterocycles. The van der Waals surface area contributed by atoms with Gasteiger partial charge in [0.2, 0.25) is 0 Å². The van der Waals surface area contributed by atoms with E-state index in [-0.39, 0.29) is 6.71 Å². The van der Waals surface area contributed by atoms with Gasteiger partial charge in [0.25, 0.3) is 6.71 Å². The summed E-state index contributed by atoms with van der Waals surface area (Å²) in [6, 6.07) is 40.0. The SMILES string of the molecule is c1ccc(-c2cc3c4c(c2)Oc2ccc5ccccc5c2B4c2cc4c(cc2O3)oc2ccccc24)cc1. The van der Waals surface area contributed by atoms with Crippen LogP contribution in [0.1, 0.15) is 0 Å². The number of hydrogen-bond acceptors (Lipinski definition) is 3. The first-order valence-electron chi connectivity index (χ1n) is 12.9. The molecule has 1 aromatic heterocycles. The van der Waals surface area contributed by atoms with Crippen LogP contribution in [0.2, 0.25) is 0 Å². The van der Waals surface area contributed by atoms with Gasteiger partial charge in [0, 0.05) is 22.3 Å². The first-order valence-corrected chi connectivity index (χ1v) is 12.9. The molecule has 3 nitrogen and oxygen atoms in total. The van der Waals surface area contributed by atoms with Crippen LogP contribution in [0.15, 0.2) is 120 Å². The van der Waals surface area contributed by atoms with Crippen molar-refractivity contribution < 1.29 is 13.9 Å². The van der Waals surface area contributed by atoms with Crippen molar-refractivity contribution in [2.24, 2.45) is 0 Å². The molecule has 0 N–H and O–H groups in total. The monoisotopic (exact) mass is 486 g/mol. The molecule has 6 aromatic carbocycles. The Morgan fingerprint density at radius 1 is 0.447 bits per heavy atom. The summed E-state index contributed by atoms with van der Waals surface area (Å²) in [6.45, 7) is -0.0264. The van der Waals surface area contributed by atoms with Crippen LogP contribution in [0.5, 0.6) is 23.0 Å². The molecule has 3 heterocycles. The van der Waals surface area contributed by atoms with Gasteiger partial charge in [0.05, 0.1) is 0 Å². The molecule has 9 rings (SSSR count). The Labute approximate surface area is 218 Å². The molecular weight excluding hydrogens is 467 g/mol. The topological polar surface area (TPSA) is 31.6 Å². The maximum absolute atomic E-state index is 6.68. The lowest BCUT2D eigenvalue weighted by molar-refractivity contribution is 0.465. The van der Waals surface area contributed by atoms with Crippen molar-refractivity contribution in [2.75, 3.05) is 0 Å². The molecule has 0 aliphatic carbocycles. The molecule has 0 amide bonds. The summed E-state index contributed by atoms with van der Waals surface area (Å²) in [5, 5.41) is 4.61. The van der Waals surface area contributed by atoms with Gasteiger partial charge in [0.15, 0.2) is 0 Å². The number of hydrogen-bond donors (Lipinski definition) is 0. The molecule has 0 atom stereocenters. The van der Waals surface area contributed by atoms with E-state index in [2.05, 4.69) is 97.1 Å². The summed E-state index contributed by atoms with van der Waals surface area (Å²) in [6.07, 6.45) is 0. The molecule has 2 aliphatic heterocycles. The fourth-order valence-electron chi connectivity index (χ4n) is 6.29. The minimum atomic E-state index is -0.0264. The highest BCUT2D eigenvalue weighted by Crippen LogP contribution is 2.41. The maximum Gasteiger partial charge on any atom is 0.261 e. The third-order valence-electron chi connectivity index (χ3n) is 7.98. The normalized spacial score (nSPS) is 13.1. The molecule has 7 aromatic rings. The zero-order chi connectivity index (χ0) is 24.8. The van der Waals surface area contributed by atoms with Crippen LogP contribution in [0.25, 0.3) is 43.8 Å². The number of para-hydroxylation sites is 1. The van der Waals surface area contributed by atoms with Crippen molar-refractivity contribution in [3.63, 3.8) is 0 Å². The first-order chi connectivity index (χ1) is 18.8. The van der Waals surface area contributed by atoms with E-state index in [1.54, 1.807) is 0 Å². The number of ether oxygens (including phenoxy) is 2. The summed E-state index contributed by atoms with van der Waals surface area (Å²) in [5.41, 5.74) is 7.29. The highest BCUT2D eigenvalue weighted by molar-refractivity contribution is 6.99. The molecule has 0 spiro atoms. The lowest BCUT2D eigenvalue weighted by Crippen LogP contribution is -2.57. The summed E-state index contributed by atoms with van der Waals surface area (Å²) in [5.74, 6) is 3.39. The van der Waals surface area contributed by atoms with Crippen molar-refractivity contribution >= 4 is 55.8 Å². The zero-order valence-corrected chi connectivity index (χ0v) is 20.3. The van der Waals surface area contributed by atoms with Crippen LogP contribution < -0.4 is 25.9 Å². The van der Waals surface area contributed by atoms with E-state index >= 15 is 0 Å². The van der Waals surface area contributed by atoms with Gasteiger partial charge in [-0.05, 0) is 57.1 Å². The Morgan fingerprint density at radius 3 is 2.05 bits per heavy atom. The molecule has 4 heteroatoms. The van der Waals surface area contributed by atoms with Crippen molar-refractivity contribution in [1.29, 1.82) is 0 Å². The second-order valence-electron chi connectivity index (χ2n) is 10.1. The van der Waals surface area contributed by atoms with E-state index in [1.165, 1.54) is 16.2 Å². The number of benzene rings is 6. The summed E-state index contributed by atoms with van der Waals surface area (Å²) in [7, 11) is 0. The third kappa shape index (κ3) is 2.69. The Bertz CT molecular complexity index is 2090. The molecule has 0 fully saturated rings. The number of furan rings is 1. The Kier molecular flexibility index (Phi) is 3.87. The second-order valence-corrected chi connectivity index (χ2v) is 10.1. The largest absolute Gasteiger partial charge is 0.458 e. The summed E-state index contributed by atoms with van der Waals surface area (Å²) in [4.78, 5) is 0. The Morgan fingerprint density at radius 2 is 1.18 bits per heavy atom. The van der Waals surface area contributed by atoms with Crippen molar-refractivity contribution in [3.05, 3.63) is 115 Å². The molecule has 38 heavy (non-hydrogen) atoms. The molecule has 176 valence electrons. The van der Waals surface area contributed by atoms with E-state index in [1.807, 2.05) is 18.2 Å². The summed E-state index contributed by atoms with van der Waals surface area (Å²) < 4.78 is 19.6. The number of fused-ring (bicyclic) bond motifs is 9. The Hall–Kier alpha value is -4.96. The van der Waals surface area contributed by atoms with Gasteiger partial charge in [-0.15, -0.1) is 0 Å². The van der Waals surface area contributed by atoms with E-state index in [0.29, 0.717) is 0 Å². The molecule has 0 saturated carbocycles. The fraction of sp³-hybridized carbons (Fsp3) is 0. The zero-order valence-electron chi connectivity index (χ0n) is 20.3. The quantitative estimate of drug-likeness (QED) is 0.231. The summed E-state index contributed by atoms with van der Waals surface area (Å²) >= 11 is 0. The van der Waals surface area contributed by atoms with Gasteiger partial charge in [-0.3, -0.25) is 0 Å². The van der Waals surface area contributed by atoms with Gasteiger partial charge in [-0.1, -0.05) is 84.9 Å². The molecule has 0 bridgehead atoms. The standard InChI is InChI=1S/C34H19BO3/c1-2-8-20(9-3-1)22-16-31-34-32(17-22)38-30-19-29-25(24-12-6-7-13-27(24)36-29)18-26(30)35(34)33-23-11-5-4-10-21(23)14-15-28(33)37-31/h1-19H. The molecule has 0 radical (unpaired) electrons. The van der Waals surface area contributed by atoms with E-state index in [4.69, 9.17) is 13.9 Å². The lowest BCUT2D eigenvalue weighted by atomic mass is 9.34. The fourth-order valence-corrected chi connectivity index (χ4v) is 6.29.